The molecule has 6 nitrogen and oxygen atoms in total. The average molecular weight is 390 g/mol. The molecule has 1 amide bonds. The maximum absolute atomic E-state index is 12.8. The molecule has 0 spiro atoms. The molecule has 0 aliphatic carbocycles. The second-order valence-electron chi connectivity index (χ2n) is 6.77. The maximum Gasteiger partial charge on any atom is 0.270 e. The van der Waals surface area contributed by atoms with Crippen molar-refractivity contribution in [2.24, 2.45) is 0 Å². The smallest absolute Gasteiger partial charge is 0.270 e. The van der Waals surface area contributed by atoms with Gasteiger partial charge in [-0.25, -0.2) is 9.97 Å². The van der Waals surface area contributed by atoms with Crippen molar-refractivity contribution < 1.29 is 9.53 Å². The number of carbonyl (C=O) groups is 1. The third-order valence-electron chi connectivity index (χ3n) is 4.58. The Labute approximate surface area is 171 Å². The molecule has 0 aliphatic heterocycles. The molecule has 0 saturated heterocycles. The number of para-hydroxylation sites is 1. The van der Waals surface area contributed by atoms with Gasteiger partial charge in [-0.05, 0) is 50.6 Å². The highest BCUT2D eigenvalue weighted by Gasteiger charge is 2.16. The van der Waals surface area contributed by atoms with Crippen LogP contribution in [0.1, 0.15) is 34.2 Å². The minimum Gasteiger partial charge on any atom is -0.496 e. The van der Waals surface area contributed by atoms with E-state index < -0.39 is 0 Å². The van der Waals surface area contributed by atoms with Crippen LogP contribution in [0.3, 0.4) is 0 Å². The molecular weight excluding hydrogens is 364 g/mol. The first-order chi connectivity index (χ1) is 14.0. The molecular formula is C23H26N4O2. The zero-order valence-electron chi connectivity index (χ0n) is 17.3. The van der Waals surface area contributed by atoms with Crippen LogP contribution in [0.4, 0.5) is 11.6 Å². The molecule has 3 aromatic rings. The molecule has 150 valence electrons. The fraction of sp³-hybridized carbons (Fsp3) is 0.261. The minimum atomic E-state index is -0.247. The Bertz CT molecular complexity index is 1000. The number of hydrogen-bond acceptors (Lipinski definition) is 5. The molecule has 29 heavy (non-hydrogen) atoms. The summed E-state index contributed by atoms with van der Waals surface area (Å²) in [5, 5.41) is 2.92. The molecule has 0 fully saturated rings. The first-order valence-electron chi connectivity index (χ1n) is 9.61. The number of methoxy groups -OCH3 is 1. The Balaban J connectivity index is 1.83. The summed E-state index contributed by atoms with van der Waals surface area (Å²) >= 11 is 0. The molecule has 0 radical (unpaired) electrons. The molecule has 0 atom stereocenters. The van der Waals surface area contributed by atoms with E-state index in [2.05, 4.69) is 21.4 Å². The monoisotopic (exact) mass is 390 g/mol. The van der Waals surface area contributed by atoms with Crippen molar-refractivity contribution in [3.63, 3.8) is 0 Å². The SMILES string of the molecule is CCN(c1cccc(C)c1)c1nc(C)cc(C(=O)NCc2ccccc2OC)n1. The zero-order chi connectivity index (χ0) is 20.8. The van der Waals surface area contributed by atoms with Gasteiger partial charge in [-0.1, -0.05) is 30.3 Å². The van der Waals surface area contributed by atoms with E-state index in [-0.39, 0.29) is 5.91 Å². The first-order valence-corrected chi connectivity index (χ1v) is 9.61. The van der Waals surface area contributed by atoms with Crippen LogP contribution >= 0.6 is 0 Å². The Morgan fingerprint density at radius 3 is 2.59 bits per heavy atom. The lowest BCUT2D eigenvalue weighted by Gasteiger charge is -2.22. The number of nitrogens with zero attached hydrogens (tertiary/aromatic N) is 3. The standard InChI is InChI=1S/C23H26N4O2/c1-5-27(19-11-8-9-16(2)13-19)23-25-17(3)14-20(26-23)22(28)24-15-18-10-6-7-12-21(18)29-4/h6-14H,5,15H2,1-4H3,(H,24,28). The van der Waals surface area contributed by atoms with Gasteiger partial charge in [0.05, 0.1) is 7.11 Å². The van der Waals surface area contributed by atoms with Crippen molar-refractivity contribution in [1.29, 1.82) is 0 Å². The Hall–Kier alpha value is -3.41. The first kappa shape index (κ1) is 20.3. The number of anilines is 2. The number of aromatic nitrogens is 2. The Kier molecular flexibility index (Phi) is 6.44. The van der Waals surface area contributed by atoms with Gasteiger partial charge in [-0.15, -0.1) is 0 Å². The third kappa shape index (κ3) is 4.90. The van der Waals surface area contributed by atoms with E-state index in [0.29, 0.717) is 24.7 Å². The molecule has 1 N–H and O–H groups in total. The van der Waals surface area contributed by atoms with Gasteiger partial charge in [0, 0.05) is 30.0 Å². The van der Waals surface area contributed by atoms with Crippen LogP contribution in [0.25, 0.3) is 0 Å². The summed E-state index contributed by atoms with van der Waals surface area (Å²) < 4.78 is 5.34. The second-order valence-corrected chi connectivity index (χ2v) is 6.77. The summed E-state index contributed by atoms with van der Waals surface area (Å²) in [6.07, 6.45) is 0. The van der Waals surface area contributed by atoms with Gasteiger partial charge in [0.1, 0.15) is 11.4 Å². The van der Waals surface area contributed by atoms with Crippen molar-refractivity contribution in [3.8, 4) is 5.75 Å². The summed E-state index contributed by atoms with van der Waals surface area (Å²) in [4.78, 5) is 23.9. The van der Waals surface area contributed by atoms with Gasteiger partial charge < -0.3 is 15.0 Å². The largest absolute Gasteiger partial charge is 0.496 e. The fourth-order valence-corrected chi connectivity index (χ4v) is 3.14. The van der Waals surface area contributed by atoms with E-state index in [9.17, 15) is 4.79 Å². The molecule has 0 unspecified atom stereocenters. The normalized spacial score (nSPS) is 10.5. The van der Waals surface area contributed by atoms with Gasteiger partial charge in [0.2, 0.25) is 5.95 Å². The summed E-state index contributed by atoms with van der Waals surface area (Å²) in [5.41, 5.74) is 4.14. The predicted octanol–water partition coefficient (Wildman–Crippen LogP) is 4.19. The summed E-state index contributed by atoms with van der Waals surface area (Å²) in [6.45, 7) is 7.00. The van der Waals surface area contributed by atoms with Crippen LogP contribution in [-0.4, -0.2) is 29.5 Å². The fourth-order valence-electron chi connectivity index (χ4n) is 3.14. The van der Waals surface area contributed by atoms with Crippen molar-refractivity contribution >= 4 is 17.5 Å². The highest BCUT2D eigenvalue weighted by Crippen LogP contribution is 2.23. The van der Waals surface area contributed by atoms with Crippen molar-refractivity contribution in [2.45, 2.75) is 27.3 Å². The highest BCUT2D eigenvalue weighted by molar-refractivity contribution is 5.92. The number of amides is 1. The van der Waals surface area contributed by atoms with Crippen molar-refractivity contribution in [2.75, 3.05) is 18.6 Å². The number of hydrogen-bond donors (Lipinski definition) is 1. The quantitative estimate of drug-likeness (QED) is 0.655. The van der Waals surface area contributed by atoms with Gasteiger partial charge in [0.15, 0.2) is 0 Å². The molecule has 6 heteroatoms. The van der Waals surface area contributed by atoms with E-state index in [1.807, 2.05) is 68.1 Å². The Morgan fingerprint density at radius 1 is 1.07 bits per heavy atom. The van der Waals surface area contributed by atoms with Crippen LogP contribution in [0.5, 0.6) is 5.75 Å². The van der Waals surface area contributed by atoms with E-state index in [1.165, 1.54) is 0 Å². The lowest BCUT2D eigenvalue weighted by atomic mass is 10.2. The van der Waals surface area contributed by atoms with Gasteiger partial charge >= 0.3 is 0 Å². The number of ether oxygens (including phenoxy) is 1. The van der Waals surface area contributed by atoms with E-state index >= 15 is 0 Å². The second kappa shape index (κ2) is 9.19. The topological polar surface area (TPSA) is 67.4 Å². The molecule has 1 heterocycles. The number of rotatable bonds is 7. The average Bonchev–Trinajstić information content (AvgIpc) is 2.72. The zero-order valence-corrected chi connectivity index (χ0v) is 17.3. The number of benzene rings is 2. The summed E-state index contributed by atoms with van der Waals surface area (Å²) in [6, 6.07) is 17.5. The van der Waals surface area contributed by atoms with E-state index in [1.54, 1.807) is 13.2 Å². The Morgan fingerprint density at radius 2 is 1.86 bits per heavy atom. The van der Waals surface area contributed by atoms with Crippen LogP contribution in [0.2, 0.25) is 0 Å². The van der Waals surface area contributed by atoms with Crippen LogP contribution < -0.4 is 15.0 Å². The number of carbonyl (C=O) groups excluding carboxylic acids is 1. The molecule has 0 saturated carbocycles. The minimum absolute atomic E-state index is 0.247. The molecule has 2 aromatic carbocycles. The highest BCUT2D eigenvalue weighted by atomic mass is 16.5. The van der Waals surface area contributed by atoms with Gasteiger partial charge in [0.25, 0.3) is 5.91 Å². The molecule has 0 aliphatic rings. The summed E-state index contributed by atoms with van der Waals surface area (Å²) in [7, 11) is 1.62. The van der Waals surface area contributed by atoms with Crippen LogP contribution in [0.15, 0.2) is 54.6 Å². The van der Waals surface area contributed by atoms with E-state index in [4.69, 9.17) is 4.74 Å². The number of aryl methyl sites for hydroxylation is 2. The number of nitrogens with one attached hydrogen (secondary N) is 1. The van der Waals surface area contributed by atoms with Gasteiger partial charge in [-0.2, -0.15) is 0 Å². The summed E-state index contributed by atoms with van der Waals surface area (Å²) in [5.74, 6) is 1.01. The van der Waals surface area contributed by atoms with Crippen LogP contribution in [0, 0.1) is 13.8 Å². The van der Waals surface area contributed by atoms with Gasteiger partial charge in [-0.3, -0.25) is 4.79 Å². The van der Waals surface area contributed by atoms with E-state index in [0.717, 1.165) is 28.3 Å². The van der Waals surface area contributed by atoms with Crippen molar-refractivity contribution in [1.82, 2.24) is 15.3 Å². The predicted molar refractivity (Wildman–Crippen MR) is 115 cm³/mol. The molecule has 1 aromatic heterocycles. The maximum atomic E-state index is 12.8. The lowest BCUT2D eigenvalue weighted by Crippen LogP contribution is -2.26. The third-order valence-corrected chi connectivity index (χ3v) is 4.58. The van der Waals surface area contributed by atoms with Crippen LogP contribution in [-0.2, 0) is 6.54 Å². The molecule has 3 rings (SSSR count). The molecule has 0 bridgehead atoms. The van der Waals surface area contributed by atoms with Crippen molar-refractivity contribution in [3.05, 3.63) is 77.1 Å². The lowest BCUT2D eigenvalue weighted by molar-refractivity contribution is 0.0945.